The SMILES string of the molecule is Cc1ccc(OC2CC(C)c3ccccc3C2O)c(C)c1. The van der Waals surface area contributed by atoms with E-state index in [1.165, 1.54) is 11.1 Å². The van der Waals surface area contributed by atoms with E-state index in [2.05, 4.69) is 39.0 Å². The zero-order valence-electron chi connectivity index (χ0n) is 12.8. The van der Waals surface area contributed by atoms with Crippen molar-refractivity contribution >= 4 is 0 Å². The van der Waals surface area contributed by atoms with E-state index in [1.807, 2.05) is 24.3 Å². The minimum atomic E-state index is -0.557. The van der Waals surface area contributed by atoms with E-state index in [1.54, 1.807) is 0 Å². The lowest BCUT2D eigenvalue weighted by atomic mass is 9.80. The first-order valence-electron chi connectivity index (χ1n) is 7.57. The minimum Gasteiger partial charge on any atom is -0.487 e. The van der Waals surface area contributed by atoms with Gasteiger partial charge >= 0.3 is 0 Å². The maximum atomic E-state index is 10.6. The fraction of sp³-hybridized carbons (Fsp3) is 0.368. The average molecular weight is 282 g/mol. The van der Waals surface area contributed by atoms with Gasteiger partial charge in [0, 0.05) is 0 Å². The molecule has 0 saturated carbocycles. The van der Waals surface area contributed by atoms with Crippen molar-refractivity contribution in [3.05, 3.63) is 64.7 Å². The molecule has 1 aliphatic rings. The lowest BCUT2D eigenvalue weighted by Crippen LogP contribution is -2.32. The van der Waals surface area contributed by atoms with Crippen LogP contribution in [-0.4, -0.2) is 11.2 Å². The molecule has 2 aromatic rings. The summed E-state index contributed by atoms with van der Waals surface area (Å²) < 4.78 is 6.13. The Labute approximate surface area is 126 Å². The van der Waals surface area contributed by atoms with Crippen LogP contribution in [0.4, 0.5) is 0 Å². The zero-order chi connectivity index (χ0) is 15.0. The number of aliphatic hydroxyl groups excluding tert-OH is 1. The number of aryl methyl sites for hydroxylation is 2. The fourth-order valence-electron chi connectivity index (χ4n) is 3.24. The zero-order valence-corrected chi connectivity index (χ0v) is 12.8. The van der Waals surface area contributed by atoms with Gasteiger partial charge in [-0.2, -0.15) is 0 Å². The van der Waals surface area contributed by atoms with Gasteiger partial charge in [0.05, 0.1) is 0 Å². The Morgan fingerprint density at radius 2 is 1.76 bits per heavy atom. The lowest BCUT2D eigenvalue weighted by Gasteiger charge is -2.34. The molecule has 3 unspecified atom stereocenters. The monoisotopic (exact) mass is 282 g/mol. The van der Waals surface area contributed by atoms with E-state index in [9.17, 15) is 5.11 Å². The molecule has 0 fully saturated rings. The van der Waals surface area contributed by atoms with Gasteiger partial charge in [-0.05, 0) is 48.9 Å². The summed E-state index contributed by atoms with van der Waals surface area (Å²) in [5, 5.41) is 10.6. The molecular weight excluding hydrogens is 260 g/mol. The molecule has 0 radical (unpaired) electrons. The van der Waals surface area contributed by atoms with Crippen LogP contribution < -0.4 is 4.74 Å². The van der Waals surface area contributed by atoms with Crippen molar-refractivity contribution in [2.45, 2.75) is 45.3 Å². The van der Waals surface area contributed by atoms with Crippen molar-refractivity contribution in [1.82, 2.24) is 0 Å². The Balaban J connectivity index is 1.87. The first kappa shape index (κ1) is 14.2. The molecule has 2 heteroatoms. The van der Waals surface area contributed by atoms with Crippen molar-refractivity contribution in [2.24, 2.45) is 0 Å². The van der Waals surface area contributed by atoms with Crippen LogP contribution >= 0.6 is 0 Å². The number of ether oxygens (including phenoxy) is 1. The highest BCUT2D eigenvalue weighted by Gasteiger charge is 2.33. The van der Waals surface area contributed by atoms with Gasteiger partial charge in [0.2, 0.25) is 0 Å². The van der Waals surface area contributed by atoms with Crippen LogP contribution in [0.15, 0.2) is 42.5 Å². The molecule has 0 aliphatic heterocycles. The lowest BCUT2D eigenvalue weighted by molar-refractivity contribution is 0.0176. The van der Waals surface area contributed by atoms with Gasteiger partial charge in [-0.3, -0.25) is 0 Å². The summed E-state index contributed by atoms with van der Waals surface area (Å²) >= 11 is 0. The summed E-state index contributed by atoms with van der Waals surface area (Å²) in [7, 11) is 0. The predicted octanol–water partition coefficient (Wildman–Crippen LogP) is 4.29. The van der Waals surface area contributed by atoms with Gasteiger partial charge in [-0.15, -0.1) is 0 Å². The highest BCUT2D eigenvalue weighted by molar-refractivity contribution is 5.38. The normalized spacial score (nSPS) is 24.5. The molecule has 3 atom stereocenters. The largest absolute Gasteiger partial charge is 0.487 e. The molecule has 0 aromatic heterocycles. The Kier molecular flexibility index (Phi) is 3.73. The number of aliphatic hydroxyl groups is 1. The van der Waals surface area contributed by atoms with Crippen molar-refractivity contribution in [3.63, 3.8) is 0 Å². The smallest absolute Gasteiger partial charge is 0.129 e. The van der Waals surface area contributed by atoms with E-state index < -0.39 is 6.10 Å². The Hall–Kier alpha value is -1.80. The highest BCUT2D eigenvalue weighted by Crippen LogP contribution is 2.39. The second kappa shape index (κ2) is 5.53. The molecule has 1 aliphatic carbocycles. The second-order valence-corrected chi connectivity index (χ2v) is 6.14. The quantitative estimate of drug-likeness (QED) is 0.890. The molecule has 2 aromatic carbocycles. The van der Waals surface area contributed by atoms with Crippen molar-refractivity contribution in [1.29, 1.82) is 0 Å². The fourth-order valence-corrected chi connectivity index (χ4v) is 3.24. The number of hydrogen-bond donors (Lipinski definition) is 1. The van der Waals surface area contributed by atoms with Crippen molar-refractivity contribution in [2.75, 3.05) is 0 Å². The Morgan fingerprint density at radius 1 is 1.05 bits per heavy atom. The molecule has 3 rings (SSSR count). The van der Waals surface area contributed by atoms with Gasteiger partial charge in [0.15, 0.2) is 0 Å². The molecule has 1 N–H and O–H groups in total. The van der Waals surface area contributed by atoms with E-state index in [0.717, 1.165) is 23.3 Å². The molecule has 21 heavy (non-hydrogen) atoms. The summed E-state index contributed by atoms with van der Waals surface area (Å²) in [5.41, 5.74) is 4.59. The van der Waals surface area contributed by atoms with Crippen LogP contribution in [0.5, 0.6) is 5.75 Å². The number of rotatable bonds is 2. The Bertz CT molecular complexity index is 648. The molecule has 0 amide bonds. The Morgan fingerprint density at radius 3 is 2.48 bits per heavy atom. The maximum Gasteiger partial charge on any atom is 0.129 e. The van der Waals surface area contributed by atoms with Crippen LogP contribution in [0.25, 0.3) is 0 Å². The first-order chi connectivity index (χ1) is 10.1. The molecule has 0 heterocycles. The third-order valence-corrected chi connectivity index (χ3v) is 4.39. The van der Waals surface area contributed by atoms with Crippen LogP contribution in [-0.2, 0) is 0 Å². The van der Waals surface area contributed by atoms with Crippen LogP contribution in [0.3, 0.4) is 0 Å². The summed E-state index contributed by atoms with van der Waals surface area (Å²) in [6.07, 6.45) is 0.0975. The topological polar surface area (TPSA) is 29.5 Å². The highest BCUT2D eigenvalue weighted by atomic mass is 16.5. The third-order valence-electron chi connectivity index (χ3n) is 4.39. The van der Waals surface area contributed by atoms with E-state index in [0.29, 0.717) is 5.92 Å². The summed E-state index contributed by atoms with van der Waals surface area (Å²) in [6.45, 7) is 6.32. The predicted molar refractivity (Wildman–Crippen MR) is 84.8 cm³/mol. The number of hydrogen-bond acceptors (Lipinski definition) is 2. The van der Waals surface area contributed by atoms with Gasteiger partial charge < -0.3 is 9.84 Å². The van der Waals surface area contributed by atoms with Crippen molar-refractivity contribution < 1.29 is 9.84 Å². The molecule has 110 valence electrons. The van der Waals surface area contributed by atoms with Crippen LogP contribution in [0.2, 0.25) is 0 Å². The molecule has 0 spiro atoms. The van der Waals surface area contributed by atoms with Crippen LogP contribution in [0, 0.1) is 13.8 Å². The third kappa shape index (κ3) is 2.68. The first-order valence-corrected chi connectivity index (χ1v) is 7.57. The maximum absolute atomic E-state index is 10.6. The van der Waals surface area contributed by atoms with E-state index in [4.69, 9.17) is 4.74 Å². The number of fused-ring (bicyclic) bond motifs is 1. The van der Waals surface area contributed by atoms with E-state index >= 15 is 0 Å². The summed E-state index contributed by atoms with van der Waals surface area (Å²) in [6, 6.07) is 14.3. The molecular formula is C19H22O2. The summed E-state index contributed by atoms with van der Waals surface area (Å²) in [4.78, 5) is 0. The number of benzene rings is 2. The standard InChI is InChI=1S/C19H22O2/c1-12-8-9-17(14(3)10-12)21-18-11-13(2)15-6-4-5-7-16(15)19(18)20/h4-10,13,18-20H,11H2,1-3H3. The molecule has 0 saturated heterocycles. The van der Waals surface area contributed by atoms with Gasteiger partial charge in [0.25, 0.3) is 0 Å². The van der Waals surface area contributed by atoms with Gasteiger partial charge in [0.1, 0.15) is 18.0 Å². The average Bonchev–Trinajstić information content (AvgIpc) is 2.47. The van der Waals surface area contributed by atoms with E-state index in [-0.39, 0.29) is 6.10 Å². The molecule has 0 bridgehead atoms. The van der Waals surface area contributed by atoms with Crippen molar-refractivity contribution in [3.8, 4) is 5.75 Å². The summed E-state index contributed by atoms with van der Waals surface area (Å²) in [5.74, 6) is 1.27. The van der Waals surface area contributed by atoms with Gasteiger partial charge in [-0.25, -0.2) is 0 Å². The second-order valence-electron chi connectivity index (χ2n) is 6.14. The minimum absolute atomic E-state index is 0.184. The molecule has 2 nitrogen and oxygen atoms in total. The van der Waals surface area contributed by atoms with Gasteiger partial charge in [-0.1, -0.05) is 48.9 Å². The van der Waals surface area contributed by atoms with Crippen LogP contribution in [0.1, 0.15) is 47.6 Å².